The van der Waals surface area contributed by atoms with Gasteiger partial charge in [0.2, 0.25) is 5.91 Å². The SMILES string of the molecule is CN1C(=O)CC(C)(c2cccc(N3CCCC3)c2)N=C1N. The molecule has 5 nitrogen and oxygen atoms in total. The summed E-state index contributed by atoms with van der Waals surface area (Å²) in [4.78, 5) is 20.5. The second-order valence-corrected chi connectivity index (χ2v) is 6.12. The smallest absolute Gasteiger partial charge is 0.231 e. The molecule has 2 aliphatic heterocycles. The van der Waals surface area contributed by atoms with Gasteiger partial charge < -0.3 is 10.6 Å². The molecule has 0 spiro atoms. The average molecular weight is 286 g/mol. The molecule has 2 aliphatic rings. The average Bonchev–Trinajstić information content (AvgIpc) is 2.99. The summed E-state index contributed by atoms with van der Waals surface area (Å²) in [5.41, 5.74) is 7.59. The number of nitrogens with zero attached hydrogens (tertiary/aromatic N) is 3. The van der Waals surface area contributed by atoms with Crippen molar-refractivity contribution in [2.24, 2.45) is 10.7 Å². The number of hydrogen-bond acceptors (Lipinski definition) is 4. The minimum absolute atomic E-state index is 0.0107. The van der Waals surface area contributed by atoms with E-state index in [0.717, 1.165) is 18.7 Å². The molecule has 0 radical (unpaired) electrons. The Morgan fingerprint density at radius 2 is 2.00 bits per heavy atom. The van der Waals surface area contributed by atoms with E-state index in [1.165, 1.54) is 23.4 Å². The molecule has 2 heterocycles. The highest BCUT2D eigenvalue weighted by molar-refractivity contribution is 5.98. The predicted molar refractivity (Wildman–Crippen MR) is 84.3 cm³/mol. The van der Waals surface area contributed by atoms with Crippen molar-refractivity contribution in [1.29, 1.82) is 0 Å². The number of benzene rings is 1. The van der Waals surface area contributed by atoms with Gasteiger partial charge in [0.15, 0.2) is 5.96 Å². The first-order chi connectivity index (χ1) is 9.99. The van der Waals surface area contributed by atoms with Crippen LogP contribution in [0.5, 0.6) is 0 Å². The van der Waals surface area contributed by atoms with Gasteiger partial charge in [0, 0.05) is 25.8 Å². The molecule has 1 saturated heterocycles. The summed E-state index contributed by atoms with van der Waals surface area (Å²) in [6.07, 6.45) is 2.85. The van der Waals surface area contributed by atoms with Crippen molar-refractivity contribution in [3.8, 4) is 0 Å². The van der Waals surface area contributed by atoms with E-state index >= 15 is 0 Å². The Bertz CT molecular complexity index is 592. The van der Waals surface area contributed by atoms with Crippen LogP contribution in [0.25, 0.3) is 0 Å². The van der Waals surface area contributed by atoms with Gasteiger partial charge in [-0.05, 0) is 37.5 Å². The molecular formula is C16H22N4O. The van der Waals surface area contributed by atoms with E-state index in [2.05, 4.69) is 22.0 Å². The Morgan fingerprint density at radius 1 is 1.29 bits per heavy atom. The van der Waals surface area contributed by atoms with Crippen LogP contribution >= 0.6 is 0 Å². The molecule has 21 heavy (non-hydrogen) atoms. The molecule has 1 fully saturated rings. The van der Waals surface area contributed by atoms with Crippen molar-refractivity contribution in [3.63, 3.8) is 0 Å². The maximum Gasteiger partial charge on any atom is 0.231 e. The zero-order chi connectivity index (χ0) is 15.0. The van der Waals surface area contributed by atoms with Crippen LogP contribution in [-0.2, 0) is 10.3 Å². The monoisotopic (exact) mass is 286 g/mol. The van der Waals surface area contributed by atoms with Crippen LogP contribution in [0, 0.1) is 0 Å². The van der Waals surface area contributed by atoms with Crippen molar-refractivity contribution in [2.75, 3.05) is 25.0 Å². The van der Waals surface area contributed by atoms with E-state index < -0.39 is 5.54 Å². The van der Waals surface area contributed by atoms with Crippen LogP contribution < -0.4 is 10.6 Å². The zero-order valence-electron chi connectivity index (χ0n) is 12.7. The highest BCUT2D eigenvalue weighted by Gasteiger charge is 2.36. The van der Waals surface area contributed by atoms with Gasteiger partial charge in [-0.2, -0.15) is 0 Å². The fourth-order valence-corrected chi connectivity index (χ4v) is 3.09. The highest BCUT2D eigenvalue weighted by atomic mass is 16.2. The minimum atomic E-state index is -0.566. The number of hydrogen-bond donors (Lipinski definition) is 1. The molecule has 2 N–H and O–H groups in total. The molecule has 0 saturated carbocycles. The zero-order valence-corrected chi connectivity index (χ0v) is 12.7. The number of guanidine groups is 1. The predicted octanol–water partition coefficient (Wildman–Crippen LogP) is 1.68. The van der Waals surface area contributed by atoms with Crippen molar-refractivity contribution < 1.29 is 4.79 Å². The first-order valence-electron chi connectivity index (χ1n) is 7.47. The molecule has 5 heteroatoms. The van der Waals surface area contributed by atoms with E-state index in [1.807, 2.05) is 19.1 Å². The first-order valence-corrected chi connectivity index (χ1v) is 7.47. The third kappa shape index (κ3) is 2.48. The Labute approximate surface area is 125 Å². The number of carbonyl (C=O) groups excluding carboxylic acids is 1. The van der Waals surface area contributed by atoms with Gasteiger partial charge in [-0.15, -0.1) is 0 Å². The topological polar surface area (TPSA) is 61.9 Å². The molecule has 0 aliphatic carbocycles. The van der Waals surface area contributed by atoms with E-state index in [4.69, 9.17) is 5.73 Å². The lowest BCUT2D eigenvalue weighted by Crippen LogP contribution is -2.47. The summed E-state index contributed by atoms with van der Waals surface area (Å²) in [6, 6.07) is 8.36. The number of carbonyl (C=O) groups is 1. The Kier molecular flexibility index (Phi) is 3.35. The van der Waals surface area contributed by atoms with Crippen LogP contribution in [0.15, 0.2) is 29.3 Å². The van der Waals surface area contributed by atoms with Crippen molar-refractivity contribution in [2.45, 2.75) is 31.7 Å². The molecular weight excluding hydrogens is 264 g/mol. The van der Waals surface area contributed by atoms with Gasteiger partial charge in [0.25, 0.3) is 0 Å². The van der Waals surface area contributed by atoms with Gasteiger partial charge in [-0.1, -0.05) is 12.1 Å². The Morgan fingerprint density at radius 3 is 2.67 bits per heavy atom. The molecule has 1 amide bonds. The standard InChI is InChI=1S/C16H22N4O/c1-16(11-14(21)19(2)15(17)18-16)12-6-5-7-13(10-12)20-8-3-4-9-20/h5-7,10H,3-4,8-9,11H2,1-2H3,(H2,17,18). The highest BCUT2D eigenvalue weighted by Crippen LogP contribution is 2.35. The molecule has 0 bridgehead atoms. The van der Waals surface area contributed by atoms with Gasteiger partial charge in [-0.3, -0.25) is 9.69 Å². The number of nitrogens with two attached hydrogens (primary N) is 1. The van der Waals surface area contributed by atoms with Crippen molar-refractivity contribution >= 4 is 17.6 Å². The van der Waals surface area contributed by atoms with Crippen molar-refractivity contribution in [3.05, 3.63) is 29.8 Å². The summed E-state index contributed by atoms with van der Waals surface area (Å²) in [5, 5.41) is 0. The lowest BCUT2D eigenvalue weighted by molar-refractivity contribution is -0.128. The van der Waals surface area contributed by atoms with Gasteiger partial charge in [0.1, 0.15) is 0 Å². The van der Waals surface area contributed by atoms with E-state index in [9.17, 15) is 4.79 Å². The largest absolute Gasteiger partial charge is 0.372 e. The van der Waals surface area contributed by atoms with E-state index in [-0.39, 0.29) is 5.91 Å². The fraction of sp³-hybridized carbons (Fsp3) is 0.500. The van der Waals surface area contributed by atoms with Crippen LogP contribution in [0.4, 0.5) is 5.69 Å². The van der Waals surface area contributed by atoms with Crippen LogP contribution in [0.2, 0.25) is 0 Å². The van der Waals surface area contributed by atoms with Gasteiger partial charge >= 0.3 is 0 Å². The summed E-state index contributed by atoms with van der Waals surface area (Å²) in [6.45, 7) is 4.19. The van der Waals surface area contributed by atoms with E-state index in [0.29, 0.717) is 12.4 Å². The molecule has 1 aromatic rings. The number of anilines is 1. The fourth-order valence-electron chi connectivity index (χ4n) is 3.09. The van der Waals surface area contributed by atoms with Crippen molar-refractivity contribution in [1.82, 2.24) is 4.90 Å². The van der Waals surface area contributed by atoms with Crippen LogP contribution in [0.3, 0.4) is 0 Å². The maximum atomic E-state index is 12.1. The first kappa shape index (κ1) is 13.9. The third-order valence-corrected chi connectivity index (χ3v) is 4.51. The number of aliphatic imine (C=N–C) groups is 1. The summed E-state index contributed by atoms with van der Waals surface area (Å²) in [5.74, 6) is 0.303. The number of rotatable bonds is 2. The van der Waals surface area contributed by atoms with Gasteiger partial charge in [0.05, 0.1) is 12.0 Å². The number of amides is 1. The maximum absolute atomic E-state index is 12.1. The summed E-state index contributed by atoms with van der Waals surface area (Å²) in [7, 11) is 1.67. The molecule has 112 valence electrons. The normalized spacial score (nSPS) is 26.2. The van der Waals surface area contributed by atoms with Crippen LogP contribution in [-0.4, -0.2) is 36.9 Å². The van der Waals surface area contributed by atoms with Gasteiger partial charge in [-0.25, -0.2) is 4.99 Å². The minimum Gasteiger partial charge on any atom is -0.372 e. The lowest BCUT2D eigenvalue weighted by Gasteiger charge is -2.34. The third-order valence-electron chi connectivity index (χ3n) is 4.51. The Hall–Kier alpha value is -2.04. The van der Waals surface area contributed by atoms with E-state index in [1.54, 1.807) is 7.05 Å². The summed E-state index contributed by atoms with van der Waals surface area (Å²) >= 11 is 0. The molecule has 1 aromatic carbocycles. The lowest BCUT2D eigenvalue weighted by atomic mass is 9.87. The molecule has 0 aromatic heterocycles. The Balaban J connectivity index is 1.96. The second kappa shape index (κ2) is 5.06. The molecule has 3 rings (SSSR count). The molecule has 1 atom stereocenters. The molecule has 1 unspecified atom stereocenters. The quantitative estimate of drug-likeness (QED) is 0.899. The van der Waals surface area contributed by atoms with Crippen LogP contribution in [0.1, 0.15) is 31.7 Å². The summed E-state index contributed by atoms with van der Waals surface area (Å²) < 4.78 is 0. The second-order valence-electron chi connectivity index (χ2n) is 6.12.